The van der Waals surface area contributed by atoms with Crippen LogP contribution < -0.4 is 4.74 Å². The lowest BCUT2D eigenvalue weighted by molar-refractivity contribution is -0.163. The maximum atomic E-state index is 13.5. The molecule has 4 heterocycles. The summed E-state index contributed by atoms with van der Waals surface area (Å²) in [5.41, 5.74) is 1.95. The number of fused-ring (bicyclic) bond motifs is 4. The number of benzene rings is 1. The van der Waals surface area contributed by atoms with E-state index in [9.17, 15) is 19.5 Å². The van der Waals surface area contributed by atoms with Crippen molar-refractivity contribution in [2.75, 3.05) is 32.8 Å². The molecule has 220 valence electrons. The number of allylic oxidation sites excluding steroid dienone is 1. The molecule has 1 amide bonds. The summed E-state index contributed by atoms with van der Waals surface area (Å²) >= 11 is 2.21. The molecule has 3 aliphatic heterocycles. The van der Waals surface area contributed by atoms with Gasteiger partial charge in [0.2, 0.25) is 0 Å². The van der Waals surface area contributed by atoms with Crippen LogP contribution in [0.3, 0.4) is 0 Å². The summed E-state index contributed by atoms with van der Waals surface area (Å²) in [7, 11) is 0. The zero-order valence-corrected chi connectivity index (χ0v) is 25.8. The number of rotatable bonds is 3. The largest absolute Gasteiger partial charge is 0.458 e. The van der Waals surface area contributed by atoms with Crippen LogP contribution in [0.5, 0.6) is 5.75 Å². The smallest absolute Gasteiger partial charge is 0.415 e. The number of nitrogens with zero attached hydrogens (tertiary/aromatic N) is 3. The van der Waals surface area contributed by atoms with E-state index in [2.05, 4.69) is 27.5 Å². The molecule has 5 aliphatic rings. The Bertz CT molecular complexity index is 1570. The van der Waals surface area contributed by atoms with Crippen molar-refractivity contribution in [2.24, 2.45) is 5.92 Å². The van der Waals surface area contributed by atoms with E-state index in [0.717, 1.165) is 38.5 Å². The molecular weight excluding hydrogens is 649 g/mol. The molecule has 7 rings (SSSR count). The summed E-state index contributed by atoms with van der Waals surface area (Å²) in [4.78, 5) is 48.4. The number of pyridine rings is 1. The number of ether oxygens (including phenoxy) is 2. The number of likely N-dealkylation sites (tertiary alicyclic amines) is 2. The van der Waals surface area contributed by atoms with Crippen molar-refractivity contribution >= 4 is 56.9 Å². The summed E-state index contributed by atoms with van der Waals surface area (Å²) in [5.74, 6) is -0.778. The number of cyclic esters (lactones) is 1. The van der Waals surface area contributed by atoms with E-state index in [1.807, 2.05) is 17.0 Å². The molecule has 0 saturated carbocycles. The van der Waals surface area contributed by atoms with Gasteiger partial charge < -0.3 is 24.4 Å². The Morgan fingerprint density at radius 3 is 2.67 bits per heavy atom. The maximum absolute atomic E-state index is 13.5. The molecule has 2 fully saturated rings. The monoisotopic (exact) mass is 683 g/mol. The predicted molar refractivity (Wildman–Crippen MR) is 164 cm³/mol. The highest BCUT2D eigenvalue weighted by molar-refractivity contribution is 14.1. The minimum Gasteiger partial charge on any atom is -0.458 e. The number of esters is 1. The Kier molecular flexibility index (Phi) is 7.13. The standard InChI is InChI=1S/C32H34IN3O6/c1-2-32(40)24-16-20-21(29(37)23(24)17-41-30(32)38)14-18-15-22-25(34-28(18)20)6-7-26(27(22)33)42-31(39)36-12-8-19(9-13-36)35-10-4-3-5-11-35/h6-7,15-16,19,21,40H,2-5,8-14,17H2,1H3/t21?,32-/m0/s1. The Hall–Kier alpha value is -2.83. The average molecular weight is 684 g/mol. The van der Waals surface area contributed by atoms with Crippen molar-refractivity contribution in [3.05, 3.63) is 50.2 Å². The second-order valence-corrected chi connectivity index (χ2v) is 13.1. The third kappa shape index (κ3) is 4.48. The van der Waals surface area contributed by atoms with Crippen LogP contribution >= 0.6 is 22.6 Å². The van der Waals surface area contributed by atoms with Gasteiger partial charge in [0.05, 0.1) is 20.7 Å². The van der Waals surface area contributed by atoms with Gasteiger partial charge in [0, 0.05) is 35.7 Å². The third-order valence-electron chi connectivity index (χ3n) is 9.76. The van der Waals surface area contributed by atoms with Crippen molar-refractivity contribution < 1.29 is 29.0 Å². The van der Waals surface area contributed by atoms with E-state index in [0.29, 0.717) is 48.1 Å². The van der Waals surface area contributed by atoms with E-state index < -0.39 is 17.5 Å². The number of aromatic nitrogens is 1. The Morgan fingerprint density at radius 1 is 1.17 bits per heavy atom. The van der Waals surface area contributed by atoms with Crippen molar-refractivity contribution in [1.82, 2.24) is 14.8 Å². The van der Waals surface area contributed by atoms with Crippen LogP contribution in [0.4, 0.5) is 4.79 Å². The number of amides is 1. The second-order valence-electron chi connectivity index (χ2n) is 12.0. The van der Waals surface area contributed by atoms with Gasteiger partial charge in [-0.2, -0.15) is 0 Å². The molecule has 2 aliphatic carbocycles. The van der Waals surface area contributed by atoms with Crippen LogP contribution in [0.2, 0.25) is 0 Å². The zero-order valence-electron chi connectivity index (χ0n) is 23.7. The molecule has 0 spiro atoms. The number of carbonyl (C=O) groups is 3. The van der Waals surface area contributed by atoms with Crippen LogP contribution in [0.25, 0.3) is 16.5 Å². The van der Waals surface area contributed by atoms with Crippen LogP contribution in [-0.2, 0) is 20.7 Å². The van der Waals surface area contributed by atoms with Crippen LogP contribution in [0.15, 0.2) is 35.4 Å². The zero-order chi connectivity index (χ0) is 29.2. The first-order valence-corrected chi connectivity index (χ1v) is 16.1. The van der Waals surface area contributed by atoms with E-state index in [-0.39, 0.29) is 24.9 Å². The molecule has 0 radical (unpaired) electrons. The summed E-state index contributed by atoms with van der Waals surface area (Å²) in [6.07, 6.45) is 7.86. The van der Waals surface area contributed by atoms with E-state index in [1.54, 1.807) is 19.1 Å². The van der Waals surface area contributed by atoms with E-state index >= 15 is 0 Å². The molecule has 9 nitrogen and oxygen atoms in total. The van der Waals surface area contributed by atoms with Crippen molar-refractivity contribution in [3.63, 3.8) is 0 Å². The summed E-state index contributed by atoms with van der Waals surface area (Å²) < 4.78 is 11.9. The molecule has 1 N–H and O–H groups in total. The van der Waals surface area contributed by atoms with Gasteiger partial charge >= 0.3 is 12.1 Å². The summed E-state index contributed by atoms with van der Waals surface area (Å²) in [6, 6.07) is 6.20. The minimum atomic E-state index is -1.84. The first kappa shape index (κ1) is 28.0. The van der Waals surface area contributed by atoms with Crippen molar-refractivity contribution in [2.45, 2.75) is 63.5 Å². The number of hydrogen-bond donors (Lipinski definition) is 1. The second kappa shape index (κ2) is 10.7. The molecule has 0 bridgehead atoms. The number of aliphatic hydroxyl groups is 1. The van der Waals surface area contributed by atoms with Gasteiger partial charge in [0.15, 0.2) is 11.4 Å². The van der Waals surface area contributed by atoms with Gasteiger partial charge in [0.1, 0.15) is 12.4 Å². The lowest BCUT2D eigenvalue weighted by Gasteiger charge is -2.39. The summed E-state index contributed by atoms with van der Waals surface area (Å²) in [6.45, 7) is 5.32. The first-order chi connectivity index (χ1) is 20.3. The van der Waals surface area contributed by atoms with Gasteiger partial charge in [0.25, 0.3) is 0 Å². The highest BCUT2D eigenvalue weighted by atomic mass is 127. The predicted octanol–water partition coefficient (Wildman–Crippen LogP) is 4.42. The Balaban J connectivity index is 1.12. The highest BCUT2D eigenvalue weighted by Crippen LogP contribution is 2.47. The van der Waals surface area contributed by atoms with E-state index in [1.165, 1.54) is 32.4 Å². The normalized spacial score (nSPS) is 26.5. The van der Waals surface area contributed by atoms with Gasteiger partial charge in [-0.3, -0.25) is 4.79 Å². The van der Waals surface area contributed by atoms with Gasteiger partial charge in [-0.1, -0.05) is 13.3 Å². The minimum absolute atomic E-state index is 0.112. The quantitative estimate of drug-likeness (QED) is 0.375. The fraction of sp³-hybridized carbons (Fsp3) is 0.500. The summed E-state index contributed by atoms with van der Waals surface area (Å²) in [5, 5.41) is 12.0. The molecule has 2 saturated heterocycles. The Morgan fingerprint density at radius 2 is 1.93 bits per heavy atom. The van der Waals surface area contributed by atoms with Crippen LogP contribution in [0.1, 0.15) is 56.7 Å². The van der Waals surface area contributed by atoms with Crippen LogP contribution in [0, 0.1) is 9.49 Å². The van der Waals surface area contributed by atoms with Crippen LogP contribution in [-0.4, -0.2) is 82.2 Å². The van der Waals surface area contributed by atoms with Gasteiger partial charge in [-0.05, 0) is 110 Å². The lowest BCUT2D eigenvalue weighted by Crippen LogP contribution is -2.48. The molecule has 1 aromatic heterocycles. The van der Waals surface area contributed by atoms with Crippen molar-refractivity contribution in [3.8, 4) is 5.75 Å². The lowest BCUT2D eigenvalue weighted by atomic mass is 9.75. The SMILES string of the molecule is CC[C@@]1(O)C(=O)OCC2=C1C=C1c3nc4ccc(OC(=O)N5CCC(N6CCCCC6)CC5)c(I)c4cc3CC1C2=O. The molecule has 1 unspecified atom stereocenters. The average Bonchev–Trinajstić information content (AvgIpc) is 3.38. The number of halogens is 1. The van der Waals surface area contributed by atoms with Gasteiger partial charge in [-0.25, -0.2) is 14.6 Å². The molecule has 10 heteroatoms. The number of hydrogen-bond acceptors (Lipinski definition) is 8. The fourth-order valence-electron chi connectivity index (χ4n) is 7.28. The molecule has 2 aromatic rings. The Labute approximate surface area is 258 Å². The number of carbonyl (C=O) groups excluding carboxylic acids is 3. The third-order valence-corrected chi connectivity index (χ3v) is 10.9. The van der Waals surface area contributed by atoms with Gasteiger partial charge in [-0.15, -0.1) is 0 Å². The highest BCUT2D eigenvalue weighted by Gasteiger charge is 2.50. The maximum Gasteiger partial charge on any atom is 0.415 e. The topological polar surface area (TPSA) is 109 Å². The number of piperidine rings is 2. The molecule has 42 heavy (non-hydrogen) atoms. The molecule has 1 aromatic carbocycles. The number of ketones is 1. The fourth-order valence-corrected chi connectivity index (χ4v) is 8.00. The van der Waals surface area contributed by atoms with E-state index in [4.69, 9.17) is 14.5 Å². The first-order valence-electron chi connectivity index (χ1n) is 15.0. The molecule has 2 atom stereocenters. The van der Waals surface area contributed by atoms with Crippen molar-refractivity contribution in [1.29, 1.82) is 0 Å². The number of Topliss-reactive ketones (excluding diaryl/α,β-unsaturated/α-hetero) is 1. The molecular formula is C32H34IN3O6.